The van der Waals surface area contributed by atoms with Crippen LogP contribution < -0.4 is 5.56 Å². The van der Waals surface area contributed by atoms with Crippen LogP contribution in [0.4, 0.5) is 0 Å². The van der Waals surface area contributed by atoms with Gasteiger partial charge in [0.15, 0.2) is 0 Å². The van der Waals surface area contributed by atoms with Gasteiger partial charge in [0, 0.05) is 6.54 Å². The van der Waals surface area contributed by atoms with Gasteiger partial charge in [-0.05, 0) is 23.9 Å². The fraction of sp³-hybridized carbons (Fsp3) is 0.308. The summed E-state index contributed by atoms with van der Waals surface area (Å²) in [5.41, 5.74) is -0.237. The summed E-state index contributed by atoms with van der Waals surface area (Å²) in [7, 11) is 0. The van der Waals surface area contributed by atoms with Crippen LogP contribution in [0.25, 0.3) is 10.6 Å². The Morgan fingerprint density at radius 1 is 1.53 bits per heavy atom. The van der Waals surface area contributed by atoms with Crippen molar-refractivity contribution >= 4 is 17.3 Å². The molecule has 0 bridgehead atoms. The number of aromatic carboxylic acids is 1. The normalized spacial score (nSPS) is 10.6. The molecule has 5 nitrogen and oxygen atoms in total. The number of nitrogens with zero attached hydrogens (tertiary/aromatic N) is 2. The monoisotopic (exact) mass is 278 g/mol. The van der Waals surface area contributed by atoms with E-state index < -0.39 is 11.5 Å². The third kappa shape index (κ3) is 2.90. The van der Waals surface area contributed by atoms with E-state index in [-0.39, 0.29) is 5.56 Å². The molecule has 0 fully saturated rings. The molecule has 0 aliphatic rings. The molecule has 19 heavy (non-hydrogen) atoms. The van der Waals surface area contributed by atoms with E-state index >= 15 is 0 Å². The maximum atomic E-state index is 12.0. The Bertz CT molecular complexity index is 632. The quantitative estimate of drug-likeness (QED) is 0.912. The van der Waals surface area contributed by atoms with E-state index in [0.29, 0.717) is 12.2 Å². The van der Waals surface area contributed by atoms with Crippen LogP contribution in [0.3, 0.4) is 0 Å². The molecule has 6 heteroatoms. The number of carboxylic acid groups (broad SMARTS) is 1. The number of rotatable bonds is 5. The lowest BCUT2D eigenvalue weighted by Gasteiger charge is -2.07. The minimum absolute atomic E-state index is 0.227. The molecule has 2 rings (SSSR count). The first-order valence-electron chi connectivity index (χ1n) is 6.02. The number of carbonyl (C=O) groups is 1. The van der Waals surface area contributed by atoms with Crippen molar-refractivity contribution < 1.29 is 9.90 Å². The summed E-state index contributed by atoms with van der Waals surface area (Å²) in [5, 5.41) is 15.2. The fourth-order valence-electron chi connectivity index (χ4n) is 1.70. The molecular weight excluding hydrogens is 264 g/mol. The first-order chi connectivity index (χ1) is 9.13. The fourth-order valence-corrected chi connectivity index (χ4v) is 2.38. The van der Waals surface area contributed by atoms with Crippen molar-refractivity contribution in [3.8, 4) is 10.6 Å². The van der Waals surface area contributed by atoms with E-state index in [1.165, 1.54) is 22.1 Å². The number of hydrogen-bond donors (Lipinski definition) is 1. The largest absolute Gasteiger partial charge is 0.477 e. The molecule has 0 saturated carbocycles. The van der Waals surface area contributed by atoms with Crippen LogP contribution in [0.15, 0.2) is 28.4 Å². The molecule has 0 aliphatic carbocycles. The van der Waals surface area contributed by atoms with Crippen molar-refractivity contribution in [1.82, 2.24) is 9.78 Å². The van der Waals surface area contributed by atoms with Crippen LogP contribution in [0.1, 0.15) is 30.1 Å². The van der Waals surface area contributed by atoms with Crippen LogP contribution >= 0.6 is 11.3 Å². The highest BCUT2D eigenvalue weighted by Crippen LogP contribution is 2.22. The average molecular weight is 278 g/mol. The maximum absolute atomic E-state index is 12.0. The SMILES string of the molecule is CCCCn1nc(-c2cccs2)cc(C(=O)O)c1=O. The summed E-state index contributed by atoms with van der Waals surface area (Å²) < 4.78 is 1.25. The van der Waals surface area contributed by atoms with Gasteiger partial charge in [-0.3, -0.25) is 4.79 Å². The van der Waals surface area contributed by atoms with Gasteiger partial charge >= 0.3 is 5.97 Å². The molecular formula is C13H14N2O3S. The third-order valence-electron chi connectivity index (χ3n) is 2.70. The Balaban J connectivity index is 2.54. The molecule has 0 unspecified atom stereocenters. The van der Waals surface area contributed by atoms with Gasteiger partial charge in [0.25, 0.3) is 5.56 Å². The summed E-state index contributed by atoms with van der Waals surface area (Å²) in [5.74, 6) is -1.21. The molecule has 0 amide bonds. The minimum Gasteiger partial charge on any atom is -0.477 e. The van der Waals surface area contributed by atoms with Crippen molar-refractivity contribution in [3.05, 3.63) is 39.5 Å². The van der Waals surface area contributed by atoms with Gasteiger partial charge in [-0.15, -0.1) is 11.3 Å². The molecule has 2 heterocycles. The molecule has 0 radical (unpaired) electrons. The summed E-state index contributed by atoms with van der Waals surface area (Å²) >= 11 is 1.46. The van der Waals surface area contributed by atoms with E-state index in [1.54, 1.807) is 0 Å². The number of thiophene rings is 1. The molecule has 1 N–H and O–H groups in total. The first-order valence-corrected chi connectivity index (χ1v) is 6.90. The molecule has 2 aromatic rings. The second-order valence-electron chi connectivity index (χ2n) is 4.11. The van der Waals surface area contributed by atoms with E-state index in [4.69, 9.17) is 5.11 Å². The lowest BCUT2D eigenvalue weighted by molar-refractivity contribution is 0.0693. The van der Waals surface area contributed by atoms with Gasteiger partial charge in [-0.25, -0.2) is 9.48 Å². The number of carboxylic acids is 1. The van der Waals surface area contributed by atoms with Crippen molar-refractivity contribution in [2.24, 2.45) is 0 Å². The highest BCUT2D eigenvalue weighted by Gasteiger charge is 2.15. The average Bonchev–Trinajstić information content (AvgIpc) is 2.91. The maximum Gasteiger partial charge on any atom is 0.341 e. The summed E-state index contributed by atoms with van der Waals surface area (Å²) in [6, 6.07) is 5.07. The zero-order chi connectivity index (χ0) is 13.8. The van der Waals surface area contributed by atoms with Crippen molar-refractivity contribution in [3.63, 3.8) is 0 Å². The van der Waals surface area contributed by atoms with Crippen molar-refractivity contribution in [1.29, 1.82) is 0 Å². The predicted octanol–water partition coefficient (Wildman–Crippen LogP) is 2.47. The zero-order valence-corrected chi connectivity index (χ0v) is 11.3. The standard InChI is InChI=1S/C13H14N2O3S/c1-2-3-6-15-12(16)9(13(17)18)8-10(14-15)11-5-4-7-19-11/h4-5,7-8H,2-3,6H2,1H3,(H,17,18). The van der Waals surface area contributed by atoms with Crippen LogP contribution in [0.2, 0.25) is 0 Å². The Labute approximate surface area is 114 Å². The topological polar surface area (TPSA) is 72.2 Å². The number of aromatic nitrogens is 2. The third-order valence-corrected chi connectivity index (χ3v) is 3.59. The lowest BCUT2D eigenvalue weighted by Crippen LogP contribution is -2.29. The Morgan fingerprint density at radius 3 is 2.89 bits per heavy atom. The van der Waals surface area contributed by atoms with E-state index in [2.05, 4.69) is 5.10 Å². The lowest BCUT2D eigenvalue weighted by atomic mass is 10.2. The molecule has 0 spiro atoms. The second kappa shape index (κ2) is 5.79. The summed E-state index contributed by atoms with van der Waals surface area (Å²) in [4.78, 5) is 23.9. The molecule has 0 aromatic carbocycles. The number of hydrogen-bond acceptors (Lipinski definition) is 4. The number of unbranched alkanes of at least 4 members (excludes halogenated alkanes) is 1. The van der Waals surface area contributed by atoms with Crippen molar-refractivity contribution in [2.75, 3.05) is 0 Å². The molecule has 0 saturated heterocycles. The first kappa shape index (κ1) is 13.5. The zero-order valence-electron chi connectivity index (χ0n) is 10.5. The minimum atomic E-state index is -1.21. The van der Waals surface area contributed by atoms with Crippen LogP contribution in [0.5, 0.6) is 0 Å². The van der Waals surface area contributed by atoms with Gasteiger partial charge in [-0.1, -0.05) is 19.4 Å². The Morgan fingerprint density at radius 2 is 2.32 bits per heavy atom. The summed E-state index contributed by atoms with van der Waals surface area (Å²) in [6.07, 6.45) is 1.71. The smallest absolute Gasteiger partial charge is 0.341 e. The van der Waals surface area contributed by atoms with Gasteiger partial charge in [0.2, 0.25) is 0 Å². The molecule has 2 aromatic heterocycles. The summed E-state index contributed by atoms with van der Waals surface area (Å²) in [6.45, 7) is 2.45. The van der Waals surface area contributed by atoms with Crippen LogP contribution in [0, 0.1) is 0 Å². The Hall–Kier alpha value is -1.95. The highest BCUT2D eigenvalue weighted by atomic mass is 32.1. The molecule has 0 atom stereocenters. The second-order valence-corrected chi connectivity index (χ2v) is 5.06. The van der Waals surface area contributed by atoms with E-state index in [1.807, 2.05) is 24.4 Å². The van der Waals surface area contributed by atoms with E-state index in [9.17, 15) is 9.59 Å². The van der Waals surface area contributed by atoms with Gasteiger partial charge < -0.3 is 5.11 Å². The highest BCUT2D eigenvalue weighted by molar-refractivity contribution is 7.13. The molecule has 100 valence electrons. The van der Waals surface area contributed by atoms with Gasteiger partial charge in [0.05, 0.1) is 4.88 Å². The van der Waals surface area contributed by atoms with Crippen molar-refractivity contribution in [2.45, 2.75) is 26.3 Å². The Kier molecular flexibility index (Phi) is 4.11. The van der Waals surface area contributed by atoms with Gasteiger partial charge in [-0.2, -0.15) is 5.10 Å². The number of aryl methyl sites for hydroxylation is 1. The predicted molar refractivity (Wildman–Crippen MR) is 73.7 cm³/mol. The van der Waals surface area contributed by atoms with E-state index in [0.717, 1.165) is 17.7 Å². The van der Waals surface area contributed by atoms with Crippen LogP contribution in [-0.2, 0) is 6.54 Å². The van der Waals surface area contributed by atoms with Gasteiger partial charge in [0.1, 0.15) is 11.3 Å². The molecule has 0 aliphatic heterocycles. The van der Waals surface area contributed by atoms with Crippen LogP contribution in [-0.4, -0.2) is 20.9 Å².